The Bertz CT molecular complexity index is 571. The van der Waals surface area contributed by atoms with Crippen LogP contribution < -0.4 is 4.90 Å². The minimum absolute atomic E-state index is 0.196. The highest BCUT2D eigenvalue weighted by molar-refractivity contribution is 9.10. The molecule has 2 aromatic rings. The van der Waals surface area contributed by atoms with Gasteiger partial charge in [0.15, 0.2) is 0 Å². The Morgan fingerprint density at radius 1 is 1.24 bits per heavy atom. The van der Waals surface area contributed by atoms with Crippen molar-refractivity contribution in [3.8, 4) is 0 Å². The van der Waals surface area contributed by atoms with Crippen LogP contribution in [-0.2, 0) is 6.42 Å². The maximum atomic E-state index is 13.3. The standard InChI is InChI=1S/C13H10BrFN2/c14-10-5-12(8-16-7-10)17-4-3-9-1-2-11(15)6-13(9)17/h1-2,5-8H,3-4H2. The lowest BCUT2D eigenvalue weighted by molar-refractivity contribution is 0.628. The first-order valence-corrected chi connectivity index (χ1v) is 6.20. The number of anilines is 2. The molecule has 0 radical (unpaired) electrons. The van der Waals surface area contributed by atoms with Crippen molar-refractivity contribution in [1.29, 1.82) is 0 Å². The monoisotopic (exact) mass is 292 g/mol. The second-order valence-electron chi connectivity index (χ2n) is 4.04. The number of nitrogens with zero attached hydrogens (tertiary/aromatic N) is 2. The van der Waals surface area contributed by atoms with Gasteiger partial charge >= 0.3 is 0 Å². The molecule has 86 valence electrons. The molecule has 0 unspecified atom stereocenters. The third-order valence-electron chi connectivity index (χ3n) is 2.95. The van der Waals surface area contributed by atoms with Crippen LogP contribution in [-0.4, -0.2) is 11.5 Å². The van der Waals surface area contributed by atoms with Crippen LogP contribution in [0.5, 0.6) is 0 Å². The van der Waals surface area contributed by atoms with Crippen LogP contribution in [0, 0.1) is 5.82 Å². The highest BCUT2D eigenvalue weighted by atomic mass is 79.9. The van der Waals surface area contributed by atoms with E-state index in [1.807, 2.05) is 12.1 Å². The van der Waals surface area contributed by atoms with Gasteiger partial charge in [0.1, 0.15) is 5.82 Å². The Kier molecular flexibility index (Phi) is 2.59. The van der Waals surface area contributed by atoms with Gasteiger partial charge in [-0.25, -0.2) is 4.39 Å². The molecule has 0 fully saturated rings. The van der Waals surface area contributed by atoms with E-state index in [9.17, 15) is 4.39 Å². The molecule has 3 rings (SSSR count). The summed E-state index contributed by atoms with van der Waals surface area (Å²) in [5.74, 6) is -0.196. The number of benzene rings is 1. The van der Waals surface area contributed by atoms with E-state index < -0.39 is 0 Å². The number of halogens is 2. The summed E-state index contributed by atoms with van der Waals surface area (Å²) in [6.45, 7) is 0.872. The third kappa shape index (κ3) is 1.93. The normalized spacial score (nSPS) is 13.9. The van der Waals surface area contributed by atoms with Gasteiger partial charge in [0.25, 0.3) is 0 Å². The highest BCUT2D eigenvalue weighted by Gasteiger charge is 2.21. The molecule has 0 saturated heterocycles. The smallest absolute Gasteiger partial charge is 0.125 e. The minimum atomic E-state index is -0.196. The van der Waals surface area contributed by atoms with Crippen LogP contribution in [0.4, 0.5) is 15.8 Å². The van der Waals surface area contributed by atoms with Gasteiger partial charge < -0.3 is 4.90 Å². The lowest BCUT2D eigenvalue weighted by Crippen LogP contribution is -2.13. The first-order valence-electron chi connectivity index (χ1n) is 5.40. The van der Waals surface area contributed by atoms with E-state index in [2.05, 4.69) is 25.8 Å². The van der Waals surface area contributed by atoms with E-state index in [-0.39, 0.29) is 5.82 Å². The first kappa shape index (κ1) is 10.7. The summed E-state index contributed by atoms with van der Waals surface area (Å²) in [5, 5.41) is 0. The van der Waals surface area contributed by atoms with Gasteiger partial charge in [-0.15, -0.1) is 0 Å². The summed E-state index contributed by atoms with van der Waals surface area (Å²) < 4.78 is 14.2. The lowest BCUT2D eigenvalue weighted by atomic mass is 10.2. The summed E-state index contributed by atoms with van der Waals surface area (Å²) in [4.78, 5) is 6.24. The van der Waals surface area contributed by atoms with Crippen LogP contribution in [0.15, 0.2) is 41.1 Å². The summed E-state index contributed by atoms with van der Waals surface area (Å²) in [6, 6.07) is 6.95. The van der Waals surface area contributed by atoms with Crippen molar-refractivity contribution in [2.24, 2.45) is 0 Å². The molecule has 0 spiro atoms. The van der Waals surface area contributed by atoms with Gasteiger partial charge in [-0.1, -0.05) is 6.07 Å². The van der Waals surface area contributed by atoms with E-state index in [1.165, 1.54) is 11.6 Å². The molecule has 0 bridgehead atoms. The van der Waals surface area contributed by atoms with Gasteiger partial charge in [-0.05, 0) is 46.1 Å². The zero-order valence-corrected chi connectivity index (χ0v) is 10.6. The average Bonchev–Trinajstić information content (AvgIpc) is 2.71. The zero-order chi connectivity index (χ0) is 11.8. The fraction of sp³-hybridized carbons (Fsp3) is 0.154. The van der Waals surface area contributed by atoms with Crippen molar-refractivity contribution in [2.75, 3.05) is 11.4 Å². The van der Waals surface area contributed by atoms with Crippen LogP contribution in [0.2, 0.25) is 0 Å². The topological polar surface area (TPSA) is 16.1 Å². The van der Waals surface area contributed by atoms with Crippen molar-refractivity contribution >= 4 is 27.3 Å². The van der Waals surface area contributed by atoms with Crippen molar-refractivity contribution in [1.82, 2.24) is 4.98 Å². The molecule has 0 saturated carbocycles. The quantitative estimate of drug-likeness (QED) is 0.797. The lowest BCUT2D eigenvalue weighted by Gasteiger charge is -2.19. The zero-order valence-electron chi connectivity index (χ0n) is 9.03. The van der Waals surface area contributed by atoms with Crippen molar-refractivity contribution in [3.05, 3.63) is 52.5 Å². The molecule has 1 aromatic heterocycles. The Morgan fingerprint density at radius 3 is 2.94 bits per heavy atom. The molecule has 0 aliphatic carbocycles. The Morgan fingerprint density at radius 2 is 2.12 bits per heavy atom. The fourth-order valence-electron chi connectivity index (χ4n) is 2.17. The molecule has 0 atom stereocenters. The van der Waals surface area contributed by atoms with Crippen molar-refractivity contribution in [3.63, 3.8) is 0 Å². The Labute approximate surface area is 107 Å². The molecule has 1 aliphatic heterocycles. The Balaban J connectivity index is 2.06. The van der Waals surface area contributed by atoms with Gasteiger partial charge in [-0.2, -0.15) is 0 Å². The molecule has 1 aliphatic rings. The van der Waals surface area contributed by atoms with Crippen molar-refractivity contribution < 1.29 is 4.39 Å². The van der Waals surface area contributed by atoms with E-state index in [0.29, 0.717) is 0 Å². The predicted molar refractivity (Wildman–Crippen MR) is 69.0 cm³/mol. The average molecular weight is 293 g/mol. The van der Waals surface area contributed by atoms with E-state index in [4.69, 9.17) is 0 Å². The van der Waals surface area contributed by atoms with Crippen LogP contribution in [0.1, 0.15) is 5.56 Å². The largest absolute Gasteiger partial charge is 0.340 e. The predicted octanol–water partition coefficient (Wildman–Crippen LogP) is 3.68. The second kappa shape index (κ2) is 4.11. The maximum Gasteiger partial charge on any atom is 0.125 e. The van der Waals surface area contributed by atoms with Gasteiger partial charge in [0.05, 0.1) is 11.9 Å². The molecule has 17 heavy (non-hydrogen) atoms. The summed E-state index contributed by atoms with van der Waals surface area (Å²) in [7, 11) is 0. The number of hydrogen-bond donors (Lipinski definition) is 0. The van der Waals surface area contributed by atoms with E-state index in [0.717, 1.165) is 28.8 Å². The minimum Gasteiger partial charge on any atom is -0.340 e. The van der Waals surface area contributed by atoms with Gasteiger partial charge in [0.2, 0.25) is 0 Å². The van der Waals surface area contributed by atoms with Crippen LogP contribution in [0.3, 0.4) is 0 Å². The second-order valence-corrected chi connectivity index (χ2v) is 4.95. The summed E-state index contributed by atoms with van der Waals surface area (Å²) in [5.41, 5.74) is 3.13. The maximum absolute atomic E-state index is 13.3. The van der Waals surface area contributed by atoms with Crippen LogP contribution in [0.25, 0.3) is 0 Å². The molecule has 0 N–H and O–H groups in total. The number of aromatic nitrogens is 1. The number of pyridine rings is 1. The molecular formula is C13H10BrFN2. The van der Waals surface area contributed by atoms with Crippen molar-refractivity contribution in [2.45, 2.75) is 6.42 Å². The number of rotatable bonds is 1. The Hall–Kier alpha value is -1.42. The molecule has 2 nitrogen and oxygen atoms in total. The highest BCUT2D eigenvalue weighted by Crippen LogP contribution is 2.35. The third-order valence-corrected chi connectivity index (χ3v) is 3.38. The van der Waals surface area contributed by atoms with Crippen LogP contribution >= 0.6 is 15.9 Å². The van der Waals surface area contributed by atoms with E-state index >= 15 is 0 Å². The number of fused-ring (bicyclic) bond motifs is 1. The molecule has 2 heterocycles. The molecule has 1 aromatic carbocycles. The summed E-state index contributed by atoms with van der Waals surface area (Å²) >= 11 is 3.40. The fourth-order valence-corrected chi connectivity index (χ4v) is 2.52. The molecule has 0 amide bonds. The van der Waals surface area contributed by atoms with Gasteiger partial charge in [0, 0.05) is 22.9 Å². The summed E-state index contributed by atoms with van der Waals surface area (Å²) in [6.07, 6.45) is 4.49. The molecular weight excluding hydrogens is 283 g/mol. The molecule has 4 heteroatoms. The van der Waals surface area contributed by atoms with E-state index in [1.54, 1.807) is 18.5 Å². The van der Waals surface area contributed by atoms with Gasteiger partial charge in [-0.3, -0.25) is 4.98 Å². The first-order chi connectivity index (χ1) is 8.24. The number of hydrogen-bond acceptors (Lipinski definition) is 2. The SMILES string of the molecule is Fc1ccc2c(c1)N(c1cncc(Br)c1)CC2.